The first kappa shape index (κ1) is 16.9. The Hall–Kier alpha value is -2.51. The normalized spacial score (nSPS) is 18.3. The van der Waals surface area contributed by atoms with Gasteiger partial charge in [0.2, 0.25) is 0 Å². The molecule has 0 bridgehead atoms. The highest BCUT2D eigenvalue weighted by molar-refractivity contribution is 6.30. The summed E-state index contributed by atoms with van der Waals surface area (Å²) in [6.45, 7) is 1.71. The molecule has 1 fully saturated rings. The number of hydrogen-bond donors (Lipinski definition) is 1. The third-order valence-corrected chi connectivity index (χ3v) is 5.03. The largest absolute Gasteiger partial charge is 0.365 e. The summed E-state index contributed by atoms with van der Waals surface area (Å²) in [5.74, 6) is -0.518. The molecule has 3 aromatic rings. The van der Waals surface area contributed by atoms with Crippen molar-refractivity contribution in [2.45, 2.75) is 31.8 Å². The van der Waals surface area contributed by atoms with Gasteiger partial charge in [0.1, 0.15) is 5.56 Å². The van der Waals surface area contributed by atoms with Gasteiger partial charge >= 0.3 is 0 Å². The summed E-state index contributed by atoms with van der Waals surface area (Å²) in [7, 11) is 0. The molecular weight excluding hydrogens is 352 g/mol. The van der Waals surface area contributed by atoms with E-state index in [1.54, 1.807) is 16.9 Å². The molecule has 0 saturated carbocycles. The van der Waals surface area contributed by atoms with Crippen LogP contribution >= 0.6 is 11.6 Å². The Kier molecular flexibility index (Phi) is 4.57. The summed E-state index contributed by atoms with van der Waals surface area (Å²) in [6.07, 6.45) is 8.17. The third-order valence-electron chi connectivity index (χ3n) is 4.80. The molecule has 26 heavy (non-hydrogen) atoms. The zero-order chi connectivity index (χ0) is 18.1. The molecule has 0 aromatic carbocycles. The minimum atomic E-state index is -0.518. The SMILES string of the molecule is NC(=O)c1cnn2c(C3CCCCN3Cc3ccc(Cl)cn3)ccnc12. The lowest BCUT2D eigenvalue weighted by Crippen LogP contribution is -2.34. The number of piperidine rings is 1. The van der Waals surface area contributed by atoms with Gasteiger partial charge in [-0.25, -0.2) is 9.50 Å². The summed E-state index contributed by atoms with van der Waals surface area (Å²) in [5, 5.41) is 5.00. The van der Waals surface area contributed by atoms with E-state index in [2.05, 4.69) is 20.0 Å². The first-order valence-electron chi connectivity index (χ1n) is 8.60. The van der Waals surface area contributed by atoms with Crippen LogP contribution in [0.2, 0.25) is 5.02 Å². The van der Waals surface area contributed by atoms with E-state index >= 15 is 0 Å². The minimum absolute atomic E-state index is 0.173. The van der Waals surface area contributed by atoms with Crippen molar-refractivity contribution in [1.29, 1.82) is 0 Å². The molecule has 2 N–H and O–H groups in total. The second kappa shape index (κ2) is 7.01. The lowest BCUT2D eigenvalue weighted by atomic mass is 9.98. The number of nitrogens with two attached hydrogens (primary N) is 1. The van der Waals surface area contributed by atoms with Gasteiger partial charge < -0.3 is 5.73 Å². The highest BCUT2D eigenvalue weighted by atomic mass is 35.5. The zero-order valence-corrected chi connectivity index (χ0v) is 14.9. The molecule has 0 radical (unpaired) electrons. The molecule has 1 amide bonds. The fraction of sp³-hybridized carbons (Fsp3) is 0.333. The van der Waals surface area contributed by atoms with Crippen LogP contribution in [0.25, 0.3) is 5.65 Å². The predicted octanol–water partition coefficient (Wildman–Crippen LogP) is 2.60. The van der Waals surface area contributed by atoms with Gasteiger partial charge in [-0.2, -0.15) is 5.10 Å². The lowest BCUT2D eigenvalue weighted by molar-refractivity contribution is 0.100. The molecule has 1 aliphatic rings. The van der Waals surface area contributed by atoms with Crippen LogP contribution in [0, 0.1) is 0 Å². The first-order valence-corrected chi connectivity index (χ1v) is 8.98. The van der Waals surface area contributed by atoms with E-state index < -0.39 is 5.91 Å². The number of rotatable bonds is 4. The van der Waals surface area contributed by atoms with Gasteiger partial charge in [-0.15, -0.1) is 0 Å². The average molecular weight is 371 g/mol. The Morgan fingerprint density at radius 1 is 1.23 bits per heavy atom. The predicted molar refractivity (Wildman–Crippen MR) is 97.8 cm³/mol. The van der Waals surface area contributed by atoms with Crippen molar-refractivity contribution in [3.8, 4) is 0 Å². The zero-order valence-electron chi connectivity index (χ0n) is 14.2. The summed E-state index contributed by atoms with van der Waals surface area (Å²) in [6, 6.07) is 5.95. The monoisotopic (exact) mass is 370 g/mol. The van der Waals surface area contributed by atoms with Gasteiger partial charge in [0.05, 0.1) is 28.6 Å². The van der Waals surface area contributed by atoms with Crippen molar-refractivity contribution < 1.29 is 4.79 Å². The fourth-order valence-corrected chi connectivity index (χ4v) is 3.67. The lowest BCUT2D eigenvalue weighted by Gasteiger charge is -2.35. The maximum Gasteiger partial charge on any atom is 0.254 e. The number of primary amides is 1. The molecule has 1 unspecified atom stereocenters. The molecule has 3 aromatic heterocycles. The number of nitrogens with zero attached hydrogens (tertiary/aromatic N) is 5. The molecule has 1 aliphatic heterocycles. The Bertz CT molecular complexity index is 939. The quantitative estimate of drug-likeness (QED) is 0.762. The van der Waals surface area contributed by atoms with Crippen LogP contribution in [0.5, 0.6) is 0 Å². The van der Waals surface area contributed by atoms with Crippen LogP contribution in [0.3, 0.4) is 0 Å². The molecule has 0 aliphatic carbocycles. The van der Waals surface area contributed by atoms with Gasteiger partial charge in [-0.1, -0.05) is 18.0 Å². The maximum absolute atomic E-state index is 11.6. The van der Waals surface area contributed by atoms with Gasteiger partial charge in [0.25, 0.3) is 5.91 Å². The summed E-state index contributed by atoms with van der Waals surface area (Å²) in [5.41, 5.74) is 8.27. The molecule has 0 spiro atoms. The highest BCUT2D eigenvalue weighted by Gasteiger charge is 2.27. The van der Waals surface area contributed by atoms with Crippen LogP contribution in [0.15, 0.2) is 36.8 Å². The van der Waals surface area contributed by atoms with Crippen LogP contribution < -0.4 is 5.73 Å². The van der Waals surface area contributed by atoms with E-state index in [4.69, 9.17) is 17.3 Å². The summed E-state index contributed by atoms with van der Waals surface area (Å²) >= 11 is 5.94. The highest BCUT2D eigenvalue weighted by Crippen LogP contribution is 2.32. The molecule has 7 nitrogen and oxygen atoms in total. The van der Waals surface area contributed by atoms with Crippen molar-refractivity contribution in [2.24, 2.45) is 5.73 Å². The van der Waals surface area contributed by atoms with Crippen molar-refractivity contribution in [1.82, 2.24) is 24.5 Å². The number of carbonyl (C=O) groups excluding carboxylic acids is 1. The van der Waals surface area contributed by atoms with E-state index in [0.717, 1.165) is 43.7 Å². The van der Waals surface area contributed by atoms with E-state index in [1.807, 2.05) is 18.2 Å². The van der Waals surface area contributed by atoms with Crippen molar-refractivity contribution in [3.05, 3.63) is 58.8 Å². The summed E-state index contributed by atoms with van der Waals surface area (Å²) < 4.78 is 1.73. The third kappa shape index (κ3) is 3.15. The Balaban J connectivity index is 1.69. The van der Waals surface area contributed by atoms with Crippen LogP contribution in [0.1, 0.15) is 47.1 Å². The number of halogens is 1. The van der Waals surface area contributed by atoms with Gasteiger partial charge in [0, 0.05) is 18.9 Å². The van der Waals surface area contributed by atoms with Crippen LogP contribution in [-0.2, 0) is 6.54 Å². The first-order chi connectivity index (χ1) is 12.6. The number of fused-ring (bicyclic) bond motifs is 1. The molecule has 1 saturated heterocycles. The number of carbonyl (C=O) groups is 1. The smallest absolute Gasteiger partial charge is 0.254 e. The average Bonchev–Trinajstić information content (AvgIpc) is 3.09. The van der Waals surface area contributed by atoms with Gasteiger partial charge in [-0.05, 0) is 37.6 Å². The summed E-state index contributed by atoms with van der Waals surface area (Å²) in [4.78, 5) is 22.7. The Morgan fingerprint density at radius 3 is 2.88 bits per heavy atom. The second-order valence-corrected chi connectivity index (χ2v) is 6.91. The number of pyridine rings is 1. The second-order valence-electron chi connectivity index (χ2n) is 6.48. The van der Waals surface area contributed by atoms with Crippen molar-refractivity contribution in [2.75, 3.05) is 6.54 Å². The molecule has 134 valence electrons. The Labute approximate surface area is 155 Å². The maximum atomic E-state index is 11.6. The van der Waals surface area contributed by atoms with Crippen molar-refractivity contribution >= 4 is 23.2 Å². The minimum Gasteiger partial charge on any atom is -0.365 e. The standard InChI is InChI=1S/C18H19ClN6O/c19-12-4-5-13(22-9-12)11-24-8-2-1-3-15(24)16-6-7-21-18-14(17(20)26)10-23-25(16)18/h4-7,9-10,15H,1-3,8,11H2,(H2,20,26). The van der Waals surface area contributed by atoms with E-state index in [9.17, 15) is 4.79 Å². The molecular formula is C18H19ClN6O. The molecule has 8 heteroatoms. The van der Waals surface area contributed by atoms with Crippen molar-refractivity contribution in [3.63, 3.8) is 0 Å². The van der Waals surface area contributed by atoms with Crippen LogP contribution in [-0.4, -0.2) is 36.9 Å². The van der Waals surface area contributed by atoms with E-state index in [1.165, 1.54) is 6.20 Å². The number of aromatic nitrogens is 4. The number of hydrogen-bond acceptors (Lipinski definition) is 5. The fourth-order valence-electron chi connectivity index (χ4n) is 3.56. The van der Waals surface area contributed by atoms with E-state index in [-0.39, 0.29) is 6.04 Å². The Morgan fingerprint density at radius 2 is 2.12 bits per heavy atom. The van der Waals surface area contributed by atoms with E-state index in [0.29, 0.717) is 16.2 Å². The molecule has 4 heterocycles. The molecule has 4 rings (SSSR count). The molecule has 1 atom stereocenters. The van der Waals surface area contributed by atoms with Gasteiger partial charge in [-0.3, -0.25) is 14.7 Å². The topological polar surface area (TPSA) is 89.4 Å². The number of amides is 1. The van der Waals surface area contributed by atoms with Crippen LogP contribution in [0.4, 0.5) is 0 Å². The number of likely N-dealkylation sites (tertiary alicyclic amines) is 1. The van der Waals surface area contributed by atoms with Gasteiger partial charge in [0.15, 0.2) is 5.65 Å².